The Balaban J connectivity index is 1.53. The van der Waals surface area contributed by atoms with Crippen LogP contribution in [0.4, 0.5) is 11.4 Å². The van der Waals surface area contributed by atoms with Crippen molar-refractivity contribution in [3.63, 3.8) is 0 Å². The van der Waals surface area contributed by atoms with Gasteiger partial charge < -0.3 is 10.1 Å². The molecule has 0 aliphatic heterocycles. The summed E-state index contributed by atoms with van der Waals surface area (Å²) in [5.41, 5.74) is 4.33. The van der Waals surface area contributed by atoms with Gasteiger partial charge in [-0.1, -0.05) is 42.8 Å². The largest absolute Gasteiger partial charge is 0.489 e. The van der Waals surface area contributed by atoms with Crippen LogP contribution in [0.5, 0.6) is 5.75 Å². The van der Waals surface area contributed by atoms with Crippen molar-refractivity contribution >= 4 is 44.4 Å². The monoisotopic (exact) mass is 394 g/mol. The van der Waals surface area contributed by atoms with E-state index in [1.807, 2.05) is 60.8 Å². The van der Waals surface area contributed by atoms with Crippen molar-refractivity contribution in [1.29, 1.82) is 0 Å². The number of hydrogen-bond donors (Lipinski definition) is 1. The van der Waals surface area contributed by atoms with Crippen LogP contribution in [0.2, 0.25) is 5.15 Å². The van der Waals surface area contributed by atoms with Crippen molar-refractivity contribution in [2.75, 3.05) is 5.32 Å². The molecule has 0 amide bonds. The molecule has 0 saturated carbocycles. The van der Waals surface area contributed by atoms with Crippen molar-refractivity contribution in [1.82, 2.24) is 4.98 Å². The molecule has 27 heavy (non-hydrogen) atoms. The molecule has 0 saturated heterocycles. The van der Waals surface area contributed by atoms with Gasteiger partial charge in [0.05, 0.1) is 0 Å². The van der Waals surface area contributed by atoms with Crippen LogP contribution in [-0.4, -0.2) is 4.98 Å². The second kappa shape index (κ2) is 7.99. The number of aryl methyl sites for hydroxylation is 1. The summed E-state index contributed by atoms with van der Waals surface area (Å²) >= 11 is 8.06. The maximum absolute atomic E-state index is 6.36. The Morgan fingerprint density at radius 1 is 1.04 bits per heavy atom. The van der Waals surface area contributed by atoms with Gasteiger partial charge in [-0.25, -0.2) is 4.98 Å². The van der Waals surface area contributed by atoms with E-state index in [0.717, 1.165) is 34.5 Å². The normalized spacial score (nSPS) is 10.9. The topological polar surface area (TPSA) is 34.1 Å². The van der Waals surface area contributed by atoms with Gasteiger partial charge in [0.15, 0.2) is 0 Å². The van der Waals surface area contributed by atoms with Crippen LogP contribution in [0.25, 0.3) is 10.1 Å². The molecule has 4 rings (SSSR count). The molecule has 0 radical (unpaired) electrons. The Kier molecular flexibility index (Phi) is 5.28. The Bertz CT molecular complexity index is 1060. The second-order valence-corrected chi connectivity index (χ2v) is 7.44. The number of anilines is 2. The van der Waals surface area contributed by atoms with Crippen LogP contribution >= 0.6 is 22.9 Å². The molecule has 2 aromatic carbocycles. The van der Waals surface area contributed by atoms with Crippen molar-refractivity contribution in [2.24, 2.45) is 0 Å². The molecular weight excluding hydrogens is 376 g/mol. The van der Waals surface area contributed by atoms with Gasteiger partial charge in [0, 0.05) is 39.3 Å². The van der Waals surface area contributed by atoms with E-state index in [2.05, 4.69) is 22.6 Å². The molecule has 0 fully saturated rings. The van der Waals surface area contributed by atoms with Gasteiger partial charge in [-0.15, -0.1) is 11.3 Å². The molecule has 0 aliphatic rings. The number of thiophene rings is 1. The maximum Gasteiger partial charge on any atom is 0.138 e. The van der Waals surface area contributed by atoms with Crippen LogP contribution in [0.1, 0.15) is 18.1 Å². The van der Waals surface area contributed by atoms with E-state index in [9.17, 15) is 0 Å². The SMILES string of the molecule is CCc1cnc(Cl)c2c(COc3cccc(Nc4ccccc4)c3)csc12. The van der Waals surface area contributed by atoms with Crippen LogP contribution in [-0.2, 0) is 13.0 Å². The summed E-state index contributed by atoms with van der Waals surface area (Å²) in [5.74, 6) is 0.811. The molecule has 136 valence electrons. The van der Waals surface area contributed by atoms with E-state index in [-0.39, 0.29) is 0 Å². The number of fused-ring (bicyclic) bond motifs is 1. The number of nitrogens with zero attached hydrogens (tertiary/aromatic N) is 1. The van der Waals surface area contributed by atoms with Gasteiger partial charge >= 0.3 is 0 Å². The zero-order valence-electron chi connectivity index (χ0n) is 14.9. The molecule has 3 nitrogen and oxygen atoms in total. The average Bonchev–Trinajstić information content (AvgIpc) is 3.13. The second-order valence-electron chi connectivity index (χ2n) is 6.20. The molecular formula is C22H19ClN2OS. The highest BCUT2D eigenvalue weighted by molar-refractivity contribution is 7.17. The van der Waals surface area contributed by atoms with Crippen LogP contribution in [0, 0.1) is 0 Å². The summed E-state index contributed by atoms with van der Waals surface area (Å²) in [7, 11) is 0. The number of para-hydroxylation sites is 1. The number of benzene rings is 2. The zero-order valence-corrected chi connectivity index (χ0v) is 16.5. The number of hydrogen-bond acceptors (Lipinski definition) is 4. The standard InChI is InChI=1S/C22H19ClN2OS/c1-2-15-12-24-22(23)20-16(14-27-21(15)20)13-26-19-10-6-9-18(11-19)25-17-7-4-3-5-8-17/h3-12,14,25H,2,13H2,1H3. The molecule has 2 aromatic heterocycles. The molecule has 0 unspecified atom stereocenters. The Hall–Kier alpha value is -2.56. The van der Waals surface area contributed by atoms with Gasteiger partial charge in [-0.05, 0) is 41.6 Å². The van der Waals surface area contributed by atoms with E-state index < -0.39 is 0 Å². The average molecular weight is 395 g/mol. The predicted molar refractivity (Wildman–Crippen MR) is 115 cm³/mol. The van der Waals surface area contributed by atoms with Gasteiger partial charge in [0.1, 0.15) is 17.5 Å². The summed E-state index contributed by atoms with van der Waals surface area (Å²) in [6, 6.07) is 18.0. The summed E-state index contributed by atoms with van der Waals surface area (Å²) in [6.07, 6.45) is 2.80. The van der Waals surface area contributed by atoms with Crippen molar-refractivity contribution in [3.05, 3.63) is 82.5 Å². The zero-order chi connectivity index (χ0) is 18.6. The highest BCUT2D eigenvalue weighted by atomic mass is 35.5. The fourth-order valence-electron chi connectivity index (χ4n) is 2.98. The first-order valence-electron chi connectivity index (χ1n) is 8.83. The molecule has 5 heteroatoms. The molecule has 0 atom stereocenters. The van der Waals surface area contributed by atoms with E-state index in [0.29, 0.717) is 11.8 Å². The molecule has 2 heterocycles. The number of nitrogens with one attached hydrogen (secondary N) is 1. The summed E-state index contributed by atoms with van der Waals surface area (Å²) in [5, 5.41) is 7.05. The lowest BCUT2D eigenvalue weighted by Gasteiger charge is -2.10. The number of halogens is 1. The highest BCUT2D eigenvalue weighted by Gasteiger charge is 2.13. The minimum absolute atomic E-state index is 0.462. The summed E-state index contributed by atoms with van der Waals surface area (Å²) < 4.78 is 7.25. The van der Waals surface area contributed by atoms with Gasteiger partial charge in [-0.2, -0.15) is 0 Å². The summed E-state index contributed by atoms with van der Waals surface area (Å²) in [4.78, 5) is 4.33. The number of rotatable bonds is 6. The van der Waals surface area contributed by atoms with E-state index in [1.54, 1.807) is 11.3 Å². The minimum Gasteiger partial charge on any atom is -0.489 e. The Labute approximate surface area is 167 Å². The third-order valence-electron chi connectivity index (χ3n) is 4.37. The Morgan fingerprint density at radius 2 is 1.85 bits per heavy atom. The number of ether oxygens (including phenoxy) is 1. The fraction of sp³-hybridized carbons (Fsp3) is 0.136. The predicted octanol–water partition coefficient (Wildman–Crippen LogP) is 6.83. The quantitative estimate of drug-likeness (QED) is 0.364. The third-order valence-corrected chi connectivity index (χ3v) is 5.76. The van der Waals surface area contributed by atoms with E-state index in [4.69, 9.17) is 16.3 Å². The lowest BCUT2D eigenvalue weighted by atomic mass is 10.1. The smallest absolute Gasteiger partial charge is 0.138 e. The van der Waals surface area contributed by atoms with E-state index >= 15 is 0 Å². The number of pyridine rings is 1. The molecule has 0 aliphatic carbocycles. The molecule has 4 aromatic rings. The van der Waals surface area contributed by atoms with Gasteiger partial charge in [0.2, 0.25) is 0 Å². The third kappa shape index (κ3) is 3.92. The lowest BCUT2D eigenvalue weighted by molar-refractivity contribution is 0.308. The molecule has 1 N–H and O–H groups in total. The maximum atomic E-state index is 6.36. The van der Waals surface area contributed by atoms with Crippen molar-refractivity contribution in [3.8, 4) is 5.75 Å². The first-order valence-corrected chi connectivity index (χ1v) is 10.1. The molecule has 0 bridgehead atoms. The van der Waals surface area contributed by atoms with Gasteiger partial charge in [0.25, 0.3) is 0 Å². The fourth-order valence-corrected chi connectivity index (χ4v) is 4.45. The highest BCUT2D eigenvalue weighted by Crippen LogP contribution is 2.34. The van der Waals surface area contributed by atoms with E-state index in [1.165, 1.54) is 10.3 Å². The summed E-state index contributed by atoms with van der Waals surface area (Å²) in [6.45, 7) is 2.59. The van der Waals surface area contributed by atoms with Crippen LogP contribution in [0.3, 0.4) is 0 Å². The first kappa shape index (κ1) is 17.8. The molecule has 0 spiro atoms. The minimum atomic E-state index is 0.462. The Morgan fingerprint density at radius 3 is 2.67 bits per heavy atom. The van der Waals surface area contributed by atoms with Crippen LogP contribution < -0.4 is 10.1 Å². The van der Waals surface area contributed by atoms with Crippen LogP contribution in [0.15, 0.2) is 66.2 Å². The van der Waals surface area contributed by atoms with Crippen molar-refractivity contribution in [2.45, 2.75) is 20.0 Å². The number of aromatic nitrogens is 1. The van der Waals surface area contributed by atoms with Crippen molar-refractivity contribution < 1.29 is 4.74 Å². The van der Waals surface area contributed by atoms with Gasteiger partial charge in [-0.3, -0.25) is 0 Å². The lowest BCUT2D eigenvalue weighted by Crippen LogP contribution is -1.97. The first-order chi connectivity index (χ1) is 13.2.